The van der Waals surface area contributed by atoms with E-state index in [1.54, 1.807) is 0 Å². The molecule has 0 spiro atoms. The van der Waals surface area contributed by atoms with Crippen LogP contribution < -0.4 is 26.4 Å². The molecule has 10 nitrogen and oxygen atoms in total. The molecule has 1 aliphatic heterocycles. The van der Waals surface area contributed by atoms with Crippen molar-refractivity contribution in [3.05, 3.63) is 40.7 Å². The van der Waals surface area contributed by atoms with Gasteiger partial charge in [-0.2, -0.15) is 4.37 Å². The number of carbonyl (C=O) groups is 3. The third kappa shape index (κ3) is 6.88. The molecule has 2 heterocycles. The van der Waals surface area contributed by atoms with E-state index in [1.165, 1.54) is 18.2 Å². The molecule has 0 bridgehead atoms. The topological polar surface area (TPSA) is 139 Å². The molecule has 4 rings (SSSR count). The Hall–Kier alpha value is -3.32. The van der Waals surface area contributed by atoms with Crippen LogP contribution in [-0.4, -0.2) is 65.5 Å². The molecule has 2 fully saturated rings. The van der Waals surface area contributed by atoms with Crippen LogP contribution in [0.15, 0.2) is 18.2 Å². The quantitative estimate of drug-likeness (QED) is 0.334. The Morgan fingerprint density at radius 1 is 1.25 bits per heavy atom. The van der Waals surface area contributed by atoms with Crippen LogP contribution in [0.3, 0.4) is 0 Å². The van der Waals surface area contributed by atoms with Crippen molar-refractivity contribution in [1.82, 2.24) is 19.9 Å². The summed E-state index contributed by atoms with van der Waals surface area (Å²) in [5, 5.41) is 8.12. The first kappa shape index (κ1) is 25.8. The zero-order valence-electron chi connectivity index (χ0n) is 19.5. The van der Waals surface area contributed by atoms with Crippen molar-refractivity contribution in [3.8, 4) is 5.88 Å². The van der Waals surface area contributed by atoms with Crippen LogP contribution >= 0.6 is 11.5 Å². The molecule has 4 amide bonds. The zero-order chi connectivity index (χ0) is 25.7. The van der Waals surface area contributed by atoms with Crippen molar-refractivity contribution in [3.63, 3.8) is 0 Å². The number of likely N-dealkylation sites (tertiary alicyclic amines) is 1. The number of halogens is 2. The van der Waals surface area contributed by atoms with Gasteiger partial charge in [0, 0.05) is 36.8 Å². The molecule has 1 saturated carbocycles. The summed E-state index contributed by atoms with van der Waals surface area (Å²) >= 11 is 0.798. The minimum absolute atomic E-state index is 0.0906. The number of nitrogens with zero attached hydrogens (tertiary/aromatic N) is 2. The van der Waals surface area contributed by atoms with Crippen molar-refractivity contribution in [2.24, 2.45) is 5.73 Å². The average Bonchev–Trinajstić information content (AvgIpc) is 3.41. The van der Waals surface area contributed by atoms with E-state index in [2.05, 4.69) is 20.3 Å². The zero-order valence-corrected chi connectivity index (χ0v) is 20.3. The molecule has 2 aliphatic rings. The van der Waals surface area contributed by atoms with E-state index in [9.17, 15) is 23.2 Å². The standard InChI is InChI=1S/C23H28F2N6O4S/c24-15-6-9-31(11-15)8-1-7-27-23(34)29-22-18(19(26)32)21(30-36-22)35-12-14-10-13(2-5-17(14)25)20(33)28-16-3-4-16/h2,5,10,15-16H,1,3-4,6-9,11-12H2,(H2,26,32)(H,28,33)(H2,27,29,34)/t15-/m0/s1. The first-order chi connectivity index (χ1) is 17.3. The van der Waals surface area contributed by atoms with E-state index >= 15 is 0 Å². The second kappa shape index (κ2) is 11.6. The Balaban J connectivity index is 1.31. The first-order valence-electron chi connectivity index (χ1n) is 11.7. The van der Waals surface area contributed by atoms with E-state index < -0.39 is 23.9 Å². The average molecular weight is 523 g/mol. The number of ether oxygens (including phenoxy) is 1. The molecular weight excluding hydrogens is 494 g/mol. The summed E-state index contributed by atoms with van der Waals surface area (Å²) in [5.74, 6) is -1.90. The second-order valence-corrected chi connectivity index (χ2v) is 9.59. The van der Waals surface area contributed by atoms with Crippen LogP contribution in [0.1, 0.15) is 52.0 Å². The van der Waals surface area contributed by atoms with Crippen LogP contribution in [-0.2, 0) is 6.61 Å². The summed E-state index contributed by atoms with van der Waals surface area (Å²) in [5.41, 5.74) is 5.73. The SMILES string of the molecule is NC(=O)c1c(OCc2cc(C(=O)NC3CC3)ccc2F)nsc1NC(=O)NCCCN1CC[C@H](F)C1. The lowest BCUT2D eigenvalue weighted by molar-refractivity contribution is 0.0949. The van der Waals surface area contributed by atoms with E-state index in [1.807, 2.05) is 4.90 Å². The maximum Gasteiger partial charge on any atom is 0.319 e. The number of nitrogens with one attached hydrogen (secondary N) is 3. The van der Waals surface area contributed by atoms with Gasteiger partial charge in [0.05, 0.1) is 0 Å². The molecule has 0 unspecified atom stereocenters. The van der Waals surface area contributed by atoms with Crippen LogP contribution in [0.4, 0.5) is 18.6 Å². The minimum Gasteiger partial charge on any atom is -0.471 e. The van der Waals surface area contributed by atoms with Crippen LogP contribution in [0.2, 0.25) is 0 Å². The van der Waals surface area contributed by atoms with E-state index in [-0.39, 0.29) is 40.6 Å². The lowest BCUT2D eigenvalue weighted by Gasteiger charge is -2.14. The van der Waals surface area contributed by atoms with Crippen molar-refractivity contribution >= 4 is 34.4 Å². The van der Waals surface area contributed by atoms with Gasteiger partial charge in [0.15, 0.2) is 0 Å². The molecule has 5 N–H and O–H groups in total. The highest BCUT2D eigenvalue weighted by Gasteiger charge is 2.25. The number of primary amides is 1. The Kier molecular flexibility index (Phi) is 8.31. The Labute approximate surface area is 210 Å². The highest BCUT2D eigenvalue weighted by molar-refractivity contribution is 7.11. The number of benzene rings is 1. The number of rotatable bonds is 11. The molecule has 1 aliphatic carbocycles. The molecule has 13 heteroatoms. The number of anilines is 1. The molecule has 1 saturated heterocycles. The van der Waals surface area contributed by atoms with Gasteiger partial charge in [0.2, 0.25) is 5.88 Å². The number of amides is 4. The van der Waals surface area contributed by atoms with Crippen LogP contribution in [0.25, 0.3) is 0 Å². The predicted octanol–water partition coefficient (Wildman–Crippen LogP) is 2.41. The lowest BCUT2D eigenvalue weighted by Crippen LogP contribution is -2.32. The third-order valence-corrected chi connectivity index (χ3v) is 6.62. The fourth-order valence-electron chi connectivity index (χ4n) is 3.79. The van der Waals surface area contributed by atoms with E-state index in [4.69, 9.17) is 10.5 Å². The summed E-state index contributed by atoms with van der Waals surface area (Å²) in [4.78, 5) is 38.5. The number of hydrogen-bond donors (Lipinski definition) is 4. The van der Waals surface area contributed by atoms with Crippen molar-refractivity contribution in [2.75, 3.05) is 31.5 Å². The Morgan fingerprint density at radius 3 is 2.75 bits per heavy atom. The molecule has 2 aromatic rings. The van der Waals surface area contributed by atoms with Crippen molar-refractivity contribution < 1.29 is 27.9 Å². The van der Waals surface area contributed by atoms with Crippen LogP contribution in [0, 0.1) is 5.82 Å². The molecule has 0 radical (unpaired) electrons. The summed E-state index contributed by atoms with van der Waals surface area (Å²) in [6.07, 6.45) is 2.24. The monoisotopic (exact) mass is 522 g/mol. The third-order valence-electron chi connectivity index (χ3n) is 5.87. The van der Waals surface area contributed by atoms with Crippen LogP contribution in [0.5, 0.6) is 5.88 Å². The van der Waals surface area contributed by atoms with Gasteiger partial charge in [-0.15, -0.1) is 0 Å². The van der Waals surface area contributed by atoms with Gasteiger partial charge < -0.3 is 26.0 Å². The molecular formula is C23H28F2N6O4S. The van der Waals surface area contributed by atoms with Gasteiger partial charge in [-0.05, 0) is 62.0 Å². The maximum absolute atomic E-state index is 14.3. The molecule has 1 aromatic carbocycles. The van der Waals surface area contributed by atoms with E-state index in [0.29, 0.717) is 44.6 Å². The van der Waals surface area contributed by atoms with Crippen molar-refractivity contribution in [1.29, 1.82) is 0 Å². The number of hydrogen-bond acceptors (Lipinski definition) is 7. The van der Waals surface area contributed by atoms with Gasteiger partial charge in [-0.25, -0.2) is 13.6 Å². The summed E-state index contributed by atoms with van der Waals surface area (Å²) < 4.78 is 37.1. The Bertz CT molecular complexity index is 1130. The minimum atomic E-state index is -0.873. The predicted molar refractivity (Wildman–Crippen MR) is 129 cm³/mol. The maximum atomic E-state index is 14.3. The summed E-state index contributed by atoms with van der Waals surface area (Å²) in [6.45, 7) is 1.85. The molecule has 1 atom stereocenters. The number of carbonyl (C=O) groups excluding carboxylic acids is 3. The highest BCUT2D eigenvalue weighted by Crippen LogP contribution is 2.31. The number of aromatic nitrogens is 1. The number of urea groups is 1. The highest BCUT2D eigenvalue weighted by atomic mass is 32.1. The fraction of sp³-hybridized carbons (Fsp3) is 0.478. The fourth-order valence-corrected chi connectivity index (χ4v) is 4.52. The molecule has 1 aromatic heterocycles. The van der Waals surface area contributed by atoms with Gasteiger partial charge in [-0.1, -0.05) is 0 Å². The number of alkyl halides is 1. The molecule has 36 heavy (non-hydrogen) atoms. The Morgan fingerprint density at radius 2 is 2.06 bits per heavy atom. The normalized spacial score (nSPS) is 17.6. The van der Waals surface area contributed by atoms with Gasteiger partial charge >= 0.3 is 6.03 Å². The molecule has 194 valence electrons. The summed E-state index contributed by atoms with van der Waals surface area (Å²) in [6, 6.07) is 3.54. The number of nitrogens with two attached hydrogens (primary N) is 1. The van der Waals surface area contributed by atoms with E-state index in [0.717, 1.165) is 24.4 Å². The van der Waals surface area contributed by atoms with Gasteiger partial charge in [0.25, 0.3) is 11.8 Å². The second-order valence-electron chi connectivity index (χ2n) is 8.82. The first-order valence-corrected chi connectivity index (χ1v) is 12.5. The summed E-state index contributed by atoms with van der Waals surface area (Å²) in [7, 11) is 0. The van der Waals surface area contributed by atoms with Gasteiger partial charge in [-0.3, -0.25) is 14.9 Å². The lowest BCUT2D eigenvalue weighted by atomic mass is 10.1. The smallest absolute Gasteiger partial charge is 0.319 e. The van der Waals surface area contributed by atoms with Crippen molar-refractivity contribution in [2.45, 2.75) is 44.5 Å². The largest absolute Gasteiger partial charge is 0.471 e. The van der Waals surface area contributed by atoms with Gasteiger partial charge in [0.1, 0.15) is 29.2 Å².